The maximum atomic E-state index is 9.97. The summed E-state index contributed by atoms with van der Waals surface area (Å²) in [4.78, 5) is 18.8. The summed E-state index contributed by atoms with van der Waals surface area (Å²) in [7, 11) is -5.10. The van der Waals surface area contributed by atoms with Crippen molar-refractivity contribution in [3.63, 3.8) is 0 Å². The number of carbonyl (C=O) groups excluding carboxylic acids is 2. The minimum Gasteiger partial charge on any atom is -0.425 e. The van der Waals surface area contributed by atoms with E-state index >= 15 is 0 Å². The van der Waals surface area contributed by atoms with Crippen LogP contribution in [0.3, 0.4) is 0 Å². The number of carboxylic acid groups (broad SMARTS) is 2. The third kappa shape index (κ3) is 12.5. The number of rotatable bonds is 2. The molecule has 0 aliphatic carbocycles. The molecule has 0 atom stereocenters. The van der Waals surface area contributed by atoms with E-state index < -0.39 is 22.7 Å². The van der Waals surface area contributed by atoms with Gasteiger partial charge in [-0.2, -0.15) is 8.42 Å². The Morgan fingerprint density at radius 3 is 1.31 bits per heavy atom. The van der Waals surface area contributed by atoms with Crippen LogP contribution in [0.1, 0.15) is 0 Å². The zero-order chi connectivity index (χ0) is 9.07. The molecule has 0 radical (unpaired) electrons. The van der Waals surface area contributed by atoms with Crippen LogP contribution < -0.4 is 69.3 Å². The molecule has 0 spiro atoms. The fourth-order valence-corrected chi connectivity index (χ4v) is 0.551. The van der Waals surface area contributed by atoms with Gasteiger partial charge in [0, 0.05) is 0 Å². The van der Waals surface area contributed by atoms with Gasteiger partial charge in [-0.25, -0.2) is 0 Å². The maximum absolute atomic E-state index is 9.97. The van der Waals surface area contributed by atoms with E-state index in [1.807, 2.05) is 0 Å². The molecule has 0 aromatic heterocycles. The number of hydrogen-bond acceptors (Lipinski definition) is 8. The number of hydrogen-bond donors (Lipinski definition) is 0. The molecule has 11 heteroatoms. The number of carbonyl (C=O) groups is 2. The van der Waals surface area contributed by atoms with E-state index in [1.54, 1.807) is 0 Å². The molecule has 64 valence electrons. The minimum absolute atomic E-state index is 0. The van der Waals surface area contributed by atoms with Gasteiger partial charge in [-0.15, -0.1) is 0 Å². The second kappa shape index (κ2) is 7.85. The quantitative estimate of drug-likeness (QED) is 0.427. The summed E-state index contributed by atoms with van der Waals surface area (Å²) in [6, 6.07) is 0. The SMILES string of the molecule is O=C([O-])OS(=O)(=O)OC(=O)[O-].[Na+].[Na+]. The molecule has 0 unspecified atom stereocenters. The monoisotopic (exact) mass is 230 g/mol. The van der Waals surface area contributed by atoms with Gasteiger partial charge in [0.15, 0.2) is 0 Å². The van der Waals surface area contributed by atoms with Crippen molar-refractivity contribution in [2.75, 3.05) is 0 Å². The molecule has 0 aliphatic heterocycles. The van der Waals surface area contributed by atoms with E-state index in [4.69, 9.17) is 0 Å². The Morgan fingerprint density at radius 2 is 1.15 bits per heavy atom. The average Bonchev–Trinajstić information content (AvgIpc) is 1.53. The van der Waals surface area contributed by atoms with E-state index in [-0.39, 0.29) is 59.1 Å². The summed E-state index contributed by atoms with van der Waals surface area (Å²) < 4.78 is 25.7. The third-order valence-corrected chi connectivity index (χ3v) is 1.02. The van der Waals surface area contributed by atoms with Crippen LogP contribution in [0.25, 0.3) is 0 Å². The molecule has 0 aliphatic rings. The predicted octanol–water partition coefficient (Wildman–Crippen LogP) is -9.04. The third-order valence-electron chi connectivity index (χ3n) is 0.340. The van der Waals surface area contributed by atoms with Crippen molar-refractivity contribution in [3.05, 3.63) is 0 Å². The van der Waals surface area contributed by atoms with Gasteiger partial charge in [0.05, 0.1) is 0 Å². The molecule has 0 N–H and O–H groups in total. The van der Waals surface area contributed by atoms with Crippen LogP contribution in [0.2, 0.25) is 0 Å². The molecule has 8 nitrogen and oxygen atoms in total. The van der Waals surface area contributed by atoms with E-state index in [9.17, 15) is 28.2 Å². The van der Waals surface area contributed by atoms with Crippen molar-refractivity contribution in [1.29, 1.82) is 0 Å². The second-order valence-corrected chi connectivity index (χ2v) is 2.22. The first kappa shape index (κ1) is 19.1. The minimum atomic E-state index is -5.10. The Hall–Kier alpha value is 0.490. The van der Waals surface area contributed by atoms with Crippen molar-refractivity contribution in [1.82, 2.24) is 0 Å². The molecule has 0 saturated heterocycles. The molecule has 0 saturated carbocycles. The Kier molecular flexibility index (Phi) is 11.6. The first-order chi connectivity index (χ1) is 4.83. The van der Waals surface area contributed by atoms with E-state index in [2.05, 4.69) is 8.37 Å². The van der Waals surface area contributed by atoms with Crippen LogP contribution in [0.15, 0.2) is 0 Å². The van der Waals surface area contributed by atoms with Gasteiger partial charge in [0.2, 0.25) is 0 Å². The van der Waals surface area contributed by atoms with Crippen molar-refractivity contribution in [2.24, 2.45) is 0 Å². The average molecular weight is 230 g/mol. The molecule has 0 aromatic carbocycles. The van der Waals surface area contributed by atoms with E-state index in [0.29, 0.717) is 0 Å². The normalized spacial score (nSPS) is 8.62. The van der Waals surface area contributed by atoms with Gasteiger partial charge in [0.1, 0.15) is 0 Å². The van der Waals surface area contributed by atoms with Crippen LogP contribution >= 0.6 is 0 Å². The van der Waals surface area contributed by atoms with Gasteiger partial charge in [-0.05, 0) is 0 Å². The molecule has 0 heterocycles. The van der Waals surface area contributed by atoms with Gasteiger partial charge >= 0.3 is 69.5 Å². The Morgan fingerprint density at radius 1 is 0.923 bits per heavy atom. The molecular formula is C2Na2O8S. The fourth-order valence-electron chi connectivity index (χ4n) is 0.184. The summed E-state index contributed by atoms with van der Waals surface area (Å²) in [5.41, 5.74) is 0. The first-order valence-corrected chi connectivity index (χ1v) is 3.22. The largest absolute Gasteiger partial charge is 1.00 e. The zero-order valence-electron chi connectivity index (χ0n) is 6.67. The van der Waals surface area contributed by atoms with Crippen molar-refractivity contribution in [3.8, 4) is 0 Å². The van der Waals surface area contributed by atoms with Crippen molar-refractivity contribution in [2.45, 2.75) is 0 Å². The molecule has 0 bridgehead atoms. The van der Waals surface area contributed by atoms with E-state index in [0.717, 1.165) is 0 Å². The van der Waals surface area contributed by atoms with Crippen molar-refractivity contribution >= 4 is 22.7 Å². The fraction of sp³-hybridized carbons (Fsp3) is 0. The first-order valence-electron chi connectivity index (χ1n) is 1.89. The van der Waals surface area contributed by atoms with Gasteiger partial charge in [-0.3, -0.25) is 0 Å². The van der Waals surface area contributed by atoms with Crippen LogP contribution in [-0.2, 0) is 18.8 Å². The van der Waals surface area contributed by atoms with Crippen molar-refractivity contribution < 1.29 is 95.7 Å². The van der Waals surface area contributed by atoms with Gasteiger partial charge in [-0.1, -0.05) is 0 Å². The van der Waals surface area contributed by atoms with Crippen LogP contribution in [0.5, 0.6) is 0 Å². The maximum Gasteiger partial charge on any atom is 1.00 e. The zero-order valence-corrected chi connectivity index (χ0v) is 11.5. The smallest absolute Gasteiger partial charge is 0.425 e. The molecule has 0 rings (SSSR count). The van der Waals surface area contributed by atoms with Crippen LogP contribution in [-0.4, -0.2) is 20.7 Å². The Balaban J connectivity index is -0.000000500. The summed E-state index contributed by atoms with van der Waals surface area (Å²) in [6.07, 6.45) is -4.91. The summed E-state index contributed by atoms with van der Waals surface area (Å²) in [5, 5.41) is 18.8. The molecule has 0 aromatic rings. The summed E-state index contributed by atoms with van der Waals surface area (Å²) >= 11 is 0. The molecule has 0 fully saturated rings. The second-order valence-electron chi connectivity index (χ2n) is 1.07. The molecular weight excluding hydrogens is 230 g/mol. The van der Waals surface area contributed by atoms with E-state index in [1.165, 1.54) is 0 Å². The summed E-state index contributed by atoms with van der Waals surface area (Å²) in [6.45, 7) is 0. The standard InChI is InChI=1S/C2H2O8S.2Na/c3-1(4)9-11(7,8)10-2(5)6;;/h(H,3,4)(H,5,6);;/q;2*+1/p-2. The summed E-state index contributed by atoms with van der Waals surface area (Å²) in [5.74, 6) is 0. The van der Waals surface area contributed by atoms with Gasteiger partial charge in [0.25, 0.3) is 12.3 Å². The molecule has 13 heavy (non-hydrogen) atoms. The topological polar surface area (TPSA) is 133 Å². The predicted molar refractivity (Wildman–Crippen MR) is 21.9 cm³/mol. The Bertz CT molecular complexity index is 246. The van der Waals surface area contributed by atoms with Crippen LogP contribution in [0.4, 0.5) is 9.59 Å². The van der Waals surface area contributed by atoms with Crippen LogP contribution in [0, 0.1) is 0 Å². The molecule has 0 amide bonds. The Labute approximate surface area is 117 Å². The van der Waals surface area contributed by atoms with Gasteiger partial charge < -0.3 is 28.2 Å².